The van der Waals surface area contributed by atoms with Crippen LogP contribution in [0.25, 0.3) is 6.08 Å². The summed E-state index contributed by atoms with van der Waals surface area (Å²) in [5, 5.41) is 7.00. The second-order valence-corrected chi connectivity index (χ2v) is 7.09. The minimum absolute atomic E-state index is 0.248. The minimum Gasteiger partial charge on any atom is -0.332 e. The van der Waals surface area contributed by atoms with Crippen molar-refractivity contribution in [3.8, 4) is 0 Å². The third-order valence-corrected chi connectivity index (χ3v) is 4.73. The molecule has 0 aliphatic rings. The quantitative estimate of drug-likeness (QED) is 0.470. The van der Waals surface area contributed by atoms with E-state index in [9.17, 15) is 4.79 Å². The van der Waals surface area contributed by atoms with Crippen LogP contribution in [-0.2, 0) is 4.79 Å². The fraction of sp³-hybridized carbons (Fsp3) is 0.200. The molecule has 0 radical (unpaired) electrons. The van der Waals surface area contributed by atoms with E-state index in [4.69, 9.17) is 35.4 Å². The summed E-state index contributed by atoms with van der Waals surface area (Å²) in [6, 6.07) is 13.0. The first-order chi connectivity index (χ1) is 12.4. The van der Waals surface area contributed by atoms with Gasteiger partial charge in [0.05, 0.1) is 0 Å². The fourth-order valence-corrected chi connectivity index (χ4v) is 3.05. The summed E-state index contributed by atoms with van der Waals surface area (Å²) >= 11 is 17.2. The predicted molar refractivity (Wildman–Crippen MR) is 115 cm³/mol. The normalized spacial score (nSPS) is 12.0. The average Bonchev–Trinajstić information content (AvgIpc) is 2.60. The first-order valence-electron chi connectivity index (χ1n) is 8.24. The van der Waals surface area contributed by atoms with Crippen LogP contribution in [0.15, 0.2) is 48.5 Å². The zero-order valence-electron chi connectivity index (χ0n) is 14.6. The van der Waals surface area contributed by atoms with E-state index in [0.29, 0.717) is 21.5 Å². The van der Waals surface area contributed by atoms with Gasteiger partial charge in [0.2, 0.25) is 5.91 Å². The SMILES string of the molecule is CC[C@H](C)c1ccccc1NC(=S)NC(=O)/C=C/c1ccc(Cl)cc1Cl. The van der Waals surface area contributed by atoms with Crippen molar-refractivity contribution in [1.82, 2.24) is 5.32 Å². The number of anilines is 1. The molecule has 2 aromatic rings. The van der Waals surface area contributed by atoms with E-state index < -0.39 is 0 Å². The van der Waals surface area contributed by atoms with Gasteiger partial charge in [-0.25, -0.2) is 0 Å². The van der Waals surface area contributed by atoms with E-state index in [2.05, 4.69) is 30.5 Å². The third kappa shape index (κ3) is 5.84. The van der Waals surface area contributed by atoms with Crippen LogP contribution in [0.5, 0.6) is 0 Å². The molecule has 0 aliphatic heterocycles. The number of hydrogen-bond donors (Lipinski definition) is 2. The van der Waals surface area contributed by atoms with Gasteiger partial charge >= 0.3 is 0 Å². The molecule has 0 saturated carbocycles. The molecule has 0 aromatic heterocycles. The lowest BCUT2D eigenvalue weighted by Gasteiger charge is -2.16. The molecular formula is C20H20Cl2N2OS. The Morgan fingerprint density at radius 1 is 1.23 bits per heavy atom. The van der Waals surface area contributed by atoms with E-state index in [-0.39, 0.29) is 11.0 Å². The lowest BCUT2D eigenvalue weighted by molar-refractivity contribution is -0.115. The third-order valence-electron chi connectivity index (χ3n) is 3.97. The first kappa shape index (κ1) is 20.4. The Labute approximate surface area is 169 Å². The number of halogens is 2. The van der Waals surface area contributed by atoms with Crippen molar-refractivity contribution in [2.24, 2.45) is 0 Å². The monoisotopic (exact) mass is 406 g/mol. The molecule has 0 unspecified atom stereocenters. The van der Waals surface area contributed by atoms with Crippen molar-refractivity contribution < 1.29 is 4.79 Å². The molecule has 26 heavy (non-hydrogen) atoms. The van der Waals surface area contributed by atoms with Gasteiger partial charge in [-0.1, -0.05) is 61.3 Å². The van der Waals surface area contributed by atoms with Crippen LogP contribution in [0, 0.1) is 0 Å². The highest BCUT2D eigenvalue weighted by Gasteiger charge is 2.10. The van der Waals surface area contributed by atoms with Crippen LogP contribution in [0.1, 0.15) is 37.3 Å². The van der Waals surface area contributed by atoms with Gasteiger partial charge in [0.1, 0.15) is 0 Å². The highest BCUT2D eigenvalue weighted by atomic mass is 35.5. The van der Waals surface area contributed by atoms with Crippen molar-refractivity contribution in [3.63, 3.8) is 0 Å². The first-order valence-corrected chi connectivity index (χ1v) is 9.41. The number of thiocarbonyl (C=S) groups is 1. The summed E-state index contributed by atoms with van der Waals surface area (Å²) in [7, 11) is 0. The molecule has 0 heterocycles. The summed E-state index contributed by atoms with van der Waals surface area (Å²) in [5.41, 5.74) is 2.76. The van der Waals surface area contributed by atoms with Crippen LogP contribution in [-0.4, -0.2) is 11.0 Å². The summed E-state index contributed by atoms with van der Waals surface area (Å²) in [6.45, 7) is 4.29. The maximum atomic E-state index is 12.1. The number of rotatable bonds is 5. The van der Waals surface area contributed by atoms with E-state index >= 15 is 0 Å². The van der Waals surface area contributed by atoms with Crippen molar-refractivity contribution >= 4 is 58.2 Å². The Morgan fingerprint density at radius 3 is 2.65 bits per heavy atom. The molecule has 136 valence electrons. The van der Waals surface area contributed by atoms with Gasteiger partial charge in [-0.05, 0) is 60.0 Å². The van der Waals surface area contributed by atoms with E-state index in [0.717, 1.165) is 17.7 Å². The number of para-hydroxylation sites is 1. The summed E-state index contributed by atoms with van der Waals surface area (Å²) in [4.78, 5) is 12.1. The van der Waals surface area contributed by atoms with Crippen LogP contribution in [0.3, 0.4) is 0 Å². The smallest absolute Gasteiger partial charge is 0.250 e. The highest BCUT2D eigenvalue weighted by molar-refractivity contribution is 7.80. The Balaban J connectivity index is 2.00. The molecule has 0 saturated heterocycles. The van der Waals surface area contributed by atoms with Crippen molar-refractivity contribution in [2.45, 2.75) is 26.2 Å². The molecule has 0 bridgehead atoms. The molecule has 6 heteroatoms. The molecule has 0 fully saturated rings. The Bertz CT molecular complexity index is 836. The number of carbonyl (C=O) groups excluding carboxylic acids is 1. The van der Waals surface area contributed by atoms with E-state index in [1.165, 1.54) is 6.08 Å². The Morgan fingerprint density at radius 2 is 1.96 bits per heavy atom. The highest BCUT2D eigenvalue weighted by Crippen LogP contribution is 2.26. The largest absolute Gasteiger partial charge is 0.332 e. The molecule has 2 N–H and O–H groups in total. The molecule has 0 aliphatic carbocycles. The van der Waals surface area contributed by atoms with Gasteiger partial charge in [0, 0.05) is 21.8 Å². The zero-order valence-corrected chi connectivity index (χ0v) is 16.9. The maximum absolute atomic E-state index is 12.1. The predicted octanol–water partition coefficient (Wildman–Crippen LogP) is 6.03. The summed E-state index contributed by atoms with van der Waals surface area (Å²) < 4.78 is 0. The van der Waals surface area contributed by atoms with Crippen LogP contribution >= 0.6 is 35.4 Å². The van der Waals surface area contributed by atoms with Gasteiger partial charge in [0.15, 0.2) is 5.11 Å². The summed E-state index contributed by atoms with van der Waals surface area (Å²) in [6.07, 6.45) is 4.01. The van der Waals surface area contributed by atoms with Gasteiger partial charge in [-0.3, -0.25) is 10.1 Å². The van der Waals surface area contributed by atoms with Gasteiger partial charge in [-0.2, -0.15) is 0 Å². The number of carbonyl (C=O) groups is 1. The zero-order chi connectivity index (χ0) is 19.1. The van der Waals surface area contributed by atoms with Gasteiger partial charge in [0.25, 0.3) is 0 Å². The Hall–Kier alpha value is -1.88. The van der Waals surface area contributed by atoms with Crippen molar-refractivity contribution in [2.75, 3.05) is 5.32 Å². The standard InChI is InChI=1S/C20H20Cl2N2OS/c1-3-13(2)16-6-4-5-7-18(16)23-20(26)24-19(25)11-9-14-8-10-15(21)12-17(14)22/h4-13H,3H2,1-2H3,(H2,23,24,25,26)/b11-9+/t13-/m0/s1. The lowest BCUT2D eigenvalue weighted by atomic mass is 9.97. The number of benzene rings is 2. The van der Waals surface area contributed by atoms with Crippen LogP contribution < -0.4 is 10.6 Å². The molecular weight excluding hydrogens is 387 g/mol. The number of nitrogens with one attached hydrogen (secondary N) is 2. The van der Waals surface area contributed by atoms with Crippen molar-refractivity contribution in [3.05, 3.63) is 69.7 Å². The molecule has 0 spiro atoms. The average molecular weight is 407 g/mol. The molecule has 2 rings (SSSR count). The van der Waals surface area contributed by atoms with Crippen molar-refractivity contribution in [1.29, 1.82) is 0 Å². The molecule has 1 atom stereocenters. The molecule has 3 nitrogen and oxygen atoms in total. The lowest BCUT2D eigenvalue weighted by Crippen LogP contribution is -2.33. The Kier molecular flexibility index (Phi) is 7.64. The topological polar surface area (TPSA) is 41.1 Å². The van der Waals surface area contributed by atoms with Gasteiger partial charge in [-0.15, -0.1) is 0 Å². The minimum atomic E-state index is -0.338. The van der Waals surface area contributed by atoms with E-state index in [1.807, 2.05) is 18.2 Å². The fourth-order valence-electron chi connectivity index (χ4n) is 2.37. The van der Waals surface area contributed by atoms with E-state index in [1.54, 1.807) is 24.3 Å². The van der Waals surface area contributed by atoms with Crippen LogP contribution in [0.2, 0.25) is 10.0 Å². The maximum Gasteiger partial charge on any atom is 0.250 e. The van der Waals surface area contributed by atoms with Crippen LogP contribution in [0.4, 0.5) is 5.69 Å². The number of amides is 1. The second-order valence-electron chi connectivity index (χ2n) is 5.84. The summed E-state index contributed by atoms with van der Waals surface area (Å²) in [5.74, 6) is 0.0543. The number of hydrogen-bond acceptors (Lipinski definition) is 2. The van der Waals surface area contributed by atoms with Gasteiger partial charge < -0.3 is 5.32 Å². The molecule has 1 amide bonds. The molecule has 2 aromatic carbocycles. The second kappa shape index (κ2) is 9.72.